The van der Waals surface area contributed by atoms with E-state index in [-0.39, 0.29) is 30.0 Å². The molecular formula is C31H37FN6O3S. The SMILES string of the molecule is CCOC(=O)C1=C(CN2CCN3C(=O)N(C45CCC(CC4)C5)C[C@@H]3C2)NC(c2nccs2)=N[C@H]1c1ccc(F)cc1C. The van der Waals surface area contributed by atoms with Crippen LogP contribution in [0.2, 0.25) is 0 Å². The summed E-state index contributed by atoms with van der Waals surface area (Å²) in [6, 6.07) is 4.24. The van der Waals surface area contributed by atoms with Gasteiger partial charge in [0, 0.05) is 55.5 Å². The number of fused-ring (bicyclic) bond motifs is 3. The Morgan fingerprint density at radius 3 is 2.76 bits per heavy atom. The highest BCUT2D eigenvalue weighted by Gasteiger charge is 2.55. The number of halogens is 1. The van der Waals surface area contributed by atoms with Crippen molar-refractivity contribution in [3.8, 4) is 0 Å². The van der Waals surface area contributed by atoms with E-state index in [1.165, 1.54) is 36.3 Å². The number of amidine groups is 1. The minimum atomic E-state index is -0.665. The molecule has 4 heterocycles. The summed E-state index contributed by atoms with van der Waals surface area (Å²) in [5.41, 5.74) is 2.67. The Bertz CT molecular complexity index is 1450. The number of carbonyl (C=O) groups excluding carboxylic acids is 2. The number of nitrogens with one attached hydrogen (secondary N) is 1. The standard InChI is InChI=1S/C31H37FN6O3S/c1-3-41-29(39)25-24(34-27(28-33-10-13-42-28)35-26(25)23-5-4-21(32)14-19(23)2)18-36-11-12-37-22(16-36)17-38(30(37)40)31-8-6-20(15-31)7-9-31/h4-5,10,13-14,20,22,26H,3,6-9,11-12,15-18H2,1-2H3,(H,34,35)/t20?,22-,26-,31?/m0/s1. The smallest absolute Gasteiger partial charge is 0.338 e. The van der Waals surface area contributed by atoms with Gasteiger partial charge in [-0.2, -0.15) is 0 Å². The fourth-order valence-electron chi connectivity index (χ4n) is 7.87. The van der Waals surface area contributed by atoms with E-state index < -0.39 is 12.0 Å². The monoisotopic (exact) mass is 592 g/mol. The number of ether oxygens (including phenoxy) is 1. The first-order chi connectivity index (χ1) is 20.3. The zero-order chi connectivity index (χ0) is 29.0. The van der Waals surface area contributed by atoms with Crippen molar-refractivity contribution in [2.45, 2.75) is 63.6 Å². The second-order valence-corrected chi connectivity index (χ2v) is 13.2. The molecule has 42 heavy (non-hydrogen) atoms. The van der Waals surface area contributed by atoms with Gasteiger partial charge in [-0.1, -0.05) is 6.07 Å². The number of thiazole rings is 1. The number of urea groups is 1. The van der Waals surface area contributed by atoms with Crippen molar-refractivity contribution >= 4 is 29.2 Å². The van der Waals surface area contributed by atoms with E-state index in [1.807, 2.05) is 12.3 Å². The van der Waals surface area contributed by atoms with Gasteiger partial charge in [-0.25, -0.2) is 19.0 Å². The van der Waals surface area contributed by atoms with Crippen LogP contribution < -0.4 is 5.32 Å². The van der Waals surface area contributed by atoms with E-state index in [0.29, 0.717) is 47.3 Å². The lowest BCUT2D eigenvalue weighted by Gasteiger charge is -2.38. The summed E-state index contributed by atoms with van der Waals surface area (Å²) in [5.74, 6) is 0.592. The third kappa shape index (κ3) is 4.70. The van der Waals surface area contributed by atoms with Crippen LogP contribution in [0.4, 0.5) is 9.18 Å². The molecule has 1 aromatic heterocycles. The van der Waals surface area contributed by atoms with Crippen molar-refractivity contribution in [2.24, 2.45) is 10.9 Å². The molecule has 2 bridgehead atoms. The Balaban J connectivity index is 1.19. The molecule has 2 saturated heterocycles. The van der Waals surface area contributed by atoms with Crippen LogP contribution in [-0.2, 0) is 9.53 Å². The minimum absolute atomic E-state index is 0.0633. The zero-order valence-corrected chi connectivity index (χ0v) is 25.0. The van der Waals surface area contributed by atoms with E-state index in [1.54, 1.807) is 19.2 Å². The second kappa shape index (κ2) is 10.8. The quantitative estimate of drug-likeness (QED) is 0.484. The summed E-state index contributed by atoms with van der Waals surface area (Å²) in [6.07, 6.45) is 7.65. The number of carbonyl (C=O) groups is 2. The van der Waals surface area contributed by atoms with E-state index in [9.17, 15) is 14.0 Å². The Morgan fingerprint density at radius 1 is 1.24 bits per heavy atom. The Hall–Kier alpha value is -3.31. The van der Waals surface area contributed by atoms with Crippen LogP contribution in [0.1, 0.15) is 61.2 Å². The third-order valence-electron chi connectivity index (χ3n) is 9.88. The van der Waals surface area contributed by atoms with Gasteiger partial charge >= 0.3 is 12.0 Å². The lowest BCUT2D eigenvalue weighted by atomic mass is 9.92. The molecule has 7 rings (SSSR count). The summed E-state index contributed by atoms with van der Waals surface area (Å²) in [4.78, 5) is 43.1. The van der Waals surface area contributed by atoms with Crippen LogP contribution >= 0.6 is 11.3 Å². The number of benzene rings is 1. The Morgan fingerprint density at radius 2 is 2.07 bits per heavy atom. The van der Waals surface area contributed by atoms with E-state index in [4.69, 9.17) is 9.73 Å². The molecule has 222 valence electrons. The van der Waals surface area contributed by atoms with Crippen molar-refractivity contribution < 1.29 is 18.7 Å². The average Bonchev–Trinajstić information content (AvgIpc) is 3.78. The van der Waals surface area contributed by atoms with E-state index in [0.717, 1.165) is 43.8 Å². The molecule has 2 atom stereocenters. The molecule has 2 saturated carbocycles. The number of aromatic nitrogens is 1. The molecule has 2 aliphatic carbocycles. The summed E-state index contributed by atoms with van der Waals surface area (Å²) >= 11 is 1.46. The highest BCUT2D eigenvalue weighted by Crippen LogP contribution is 2.52. The highest BCUT2D eigenvalue weighted by molar-refractivity contribution is 7.11. The third-order valence-corrected chi connectivity index (χ3v) is 10.7. The maximum atomic E-state index is 14.1. The summed E-state index contributed by atoms with van der Waals surface area (Å²) in [7, 11) is 0. The molecule has 4 fully saturated rings. The topological polar surface area (TPSA) is 90.4 Å². The maximum Gasteiger partial charge on any atom is 0.338 e. The number of hydrogen-bond acceptors (Lipinski definition) is 8. The lowest BCUT2D eigenvalue weighted by molar-refractivity contribution is -0.139. The average molecular weight is 593 g/mol. The van der Waals surface area contributed by atoms with Crippen LogP contribution in [0.25, 0.3) is 0 Å². The Kier molecular flexibility index (Phi) is 7.05. The molecule has 2 amide bonds. The molecule has 9 nitrogen and oxygen atoms in total. The molecule has 2 aromatic rings. The van der Waals surface area contributed by atoms with Crippen LogP contribution in [0.3, 0.4) is 0 Å². The van der Waals surface area contributed by atoms with Crippen molar-refractivity contribution in [3.63, 3.8) is 0 Å². The van der Waals surface area contributed by atoms with E-state index in [2.05, 4.69) is 25.0 Å². The normalized spacial score (nSPS) is 29.2. The first-order valence-electron chi connectivity index (χ1n) is 15.1. The fourth-order valence-corrected chi connectivity index (χ4v) is 8.45. The molecule has 5 aliphatic rings. The number of nitrogens with zero attached hydrogens (tertiary/aromatic N) is 5. The van der Waals surface area contributed by atoms with Gasteiger partial charge in [0.25, 0.3) is 0 Å². The van der Waals surface area contributed by atoms with Crippen molar-refractivity contribution in [2.75, 3.05) is 39.3 Å². The Labute approximate surface area is 249 Å². The molecule has 11 heteroatoms. The molecule has 1 N–H and O–H groups in total. The zero-order valence-electron chi connectivity index (χ0n) is 24.1. The number of aryl methyl sites for hydroxylation is 1. The van der Waals surface area contributed by atoms with Crippen molar-refractivity contribution in [1.82, 2.24) is 25.0 Å². The van der Waals surface area contributed by atoms with Crippen LogP contribution in [0.15, 0.2) is 46.0 Å². The molecule has 1 aromatic carbocycles. The predicted molar refractivity (Wildman–Crippen MR) is 158 cm³/mol. The number of esters is 1. The van der Waals surface area contributed by atoms with Gasteiger partial charge in [0.2, 0.25) is 0 Å². The van der Waals surface area contributed by atoms with Crippen molar-refractivity contribution in [3.05, 3.63) is 63.0 Å². The number of rotatable bonds is 7. The lowest BCUT2D eigenvalue weighted by Crippen LogP contribution is -2.53. The number of amides is 2. The van der Waals surface area contributed by atoms with Crippen LogP contribution in [0, 0.1) is 18.7 Å². The highest BCUT2D eigenvalue weighted by atomic mass is 32.1. The molecule has 0 unspecified atom stereocenters. The fraction of sp³-hybridized carbons (Fsp3) is 0.548. The van der Waals surface area contributed by atoms with Gasteiger partial charge in [-0.3, -0.25) is 9.89 Å². The molecular weight excluding hydrogens is 555 g/mol. The summed E-state index contributed by atoms with van der Waals surface area (Å²) < 4.78 is 19.6. The molecule has 0 spiro atoms. The van der Waals surface area contributed by atoms with Gasteiger partial charge < -0.3 is 19.9 Å². The summed E-state index contributed by atoms with van der Waals surface area (Å²) in [5, 5.41) is 6.04. The maximum absolute atomic E-state index is 14.1. The van der Waals surface area contributed by atoms with Gasteiger partial charge in [-0.05, 0) is 75.1 Å². The summed E-state index contributed by atoms with van der Waals surface area (Å²) in [6.45, 7) is 7.19. The van der Waals surface area contributed by atoms with Crippen LogP contribution in [0.5, 0.6) is 0 Å². The van der Waals surface area contributed by atoms with Crippen molar-refractivity contribution in [1.29, 1.82) is 0 Å². The number of aliphatic imine (C=N–C) groups is 1. The van der Waals surface area contributed by atoms with Crippen LogP contribution in [-0.4, -0.2) is 88.4 Å². The van der Waals surface area contributed by atoms with Gasteiger partial charge in [-0.15, -0.1) is 11.3 Å². The first-order valence-corrected chi connectivity index (χ1v) is 15.9. The first kappa shape index (κ1) is 27.5. The van der Waals surface area contributed by atoms with Gasteiger partial charge in [0.15, 0.2) is 10.8 Å². The van der Waals surface area contributed by atoms with E-state index >= 15 is 0 Å². The number of piperazine rings is 1. The minimum Gasteiger partial charge on any atom is -0.463 e. The number of hydrogen-bond donors (Lipinski definition) is 1. The molecule has 0 radical (unpaired) electrons. The molecule has 3 aliphatic heterocycles. The predicted octanol–water partition coefficient (Wildman–Crippen LogP) is 4.25. The largest absolute Gasteiger partial charge is 0.463 e. The second-order valence-electron chi connectivity index (χ2n) is 12.3. The van der Waals surface area contributed by atoms with Gasteiger partial charge in [0.05, 0.1) is 18.2 Å². The van der Waals surface area contributed by atoms with Gasteiger partial charge in [0.1, 0.15) is 11.9 Å².